The van der Waals surface area contributed by atoms with Gasteiger partial charge < -0.3 is 90.9 Å². The van der Waals surface area contributed by atoms with Crippen LogP contribution in [0.2, 0.25) is 0 Å². The number of carbonyl (C=O) groups excluding carboxylic acids is 8. The Morgan fingerprint density at radius 1 is 0.592 bits per heavy atom. The van der Waals surface area contributed by atoms with Crippen molar-refractivity contribution in [1.29, 1.82) is 0 Å². The van der Waals surface area contributed by atoms with Gasteiger partial charge >= 0.3 is 11.9 Å². The van der Waals surface area contributed by atoms with Gasteiger partial charge in [-0.2, -0.15) is 25.3 Å². The van der Waals surface area contributed by atoms with Crippen molar-refractivity contribution in [2.75, 3.05) is 44.4 Å². The standard InChI is InChI=1S/C41H64N14O14S2/c42-10-4-3-8-23(49-36(64)27(16-56)53-37(65)28(17-57)54-38(66)29(18-70)48-31(58)14-43)33(61)51-25(12-20-15-47-22-7-2-1-6-21(20)22)35(63)55-30(19-71)39(67)50-24(9-5-11-46-41(44)45)34(62)52-26(40(68)69)13-32(59)60/h1-2,6-7,15,23-30,47,56-57,70-71H,3-5,8-14,16-19,42-43H2,(H,48,58)(H,49,64)(H,50,67)(H,51,61)(H,52,62)(H,53,65)(H,54,66)(H,55,63)(H,59,60)(H,68,69)(H4,44,45,46)/t23-,24-,25-,26-,27-,28-,29-,30-/m0/s1. The van der Waals surface area contributed by atoms with Crippen LogP contribution in [-0.2, 0) is 54.4 Å². The summed E-state index contributed by atoms with van der Waals surface area (Å²) < 4.78 is 0. The Labute approximate surface area is 417 Å². The minimum Gasteiger partial charge on any atom is -0.481 e. The van der Waals surface area contributed by atoms with Crippen molar-refractivity contribution >= 4 is 101 Å². The lowest BCUT2D eigenvalue weighted by molar-refractivity contribution is -0.147. The molecule has 1 aromatic carbocycles. The van der Waals surface area contributed by atoms with Crippen LogP contribution in [0.25, 0.3) is 10.9 Å². The highest BCUT2D eigenvalue weighted by molar-refractivity contribution is 7.80. The van der Waals surface area contributed by atoms with E-state index in [4.69, 9.17) is 28.0 Å². The van der Waals surface area contributed by atoms with Gasteiger partial charge in [0.15, 0.2) is 5.96 Å². The van der Waals surface area contributed by atoms with E-state index in [1.165, 1.54) is 0 Å². The van der Waals surface area contributed by atoms with E-state index in [0.29, 0.717) is 22.9 Å². The van der Waals surface area contributed by atoms with Crippen LogP contribution in [0.4, 0.5) is 0 Å². The molecule has 2 rings (SSSR count). The molecule has 0 saturated heterocycles. The van der Waals surface area contributed by atoms with Gasteiger partial charge in [0.1, 0.15) is 48.3 Å². The Kier molecular flexibility index (Phi) is 26.8. The molecule has 0 aliphatic rings. The van der Waals surface area contributed by atoms with Gasteiger partial charge in [-0.15, -0.1) is 0 Å². The number of carboxylic acids is 2. The maximum atomic E-state index is 14.3. The Hall–Kier alpha value is -6.73. The summed E-state index contributed by atoms with van der Waals surface area (Å²) in [5, 5.41) is 58.1. The maximum Gasteiger partial charge on any atom is 0.326 e. The van der Waals surface area contributed by atoms with Gasteiger partial charge in [-0.05, 0) is 50.3 Å². The minimum absolute atomic E-state index is 0.0231. The summed E-state index contributed by atoms with van der Waals surface area (Å²) in [6.07, 6.45) is 0.802. The zero-order chi connectivity index (χ0) is 53.2. The highest BCUT2D eigenvalue weighted by Gasteiger charge is 2.35. The first kappa shape index (κ1) is 60.4. The highest BCUT2D eigenvalue weighted by atomic mass is 32.1. The summed E-state index contributed by atoms with van der Waals surface area (Å²) in [5.74, 6) is -11.9. The van der Waals surface area contributed by atoms with E-state index in [-0.39, 0.29) is 56.9 Å². The van der Waals surface area contributed by atoms with Gasteiger partial charge in [0.25, 0.3) is 0 Å². The first-order valence-electron chi connectivity index (χ1n) is 22.0. The molecule has 0 fully saturated rings. The number of nitrogens with zero attached hydrogens (tertiary/aromatic N) is 1. The average Bonchev–Trinajstić information content (AvgIpc) is 3.74. The molecule has 1 aromatic heterocycles. The van der Waals surface area contributed by atoms with E-state index in [9.17, 15) is 63.3 Å². The van der Waals surface area contributed by atoms with Crippen molar-refractivity contribution in [3.05, 3.63) is 36.0 Å². The smallest absolute Gasteiger partial charge is 0.326 e. The number of unbranched alkanes of at least 4 members (excludes halogenated alkanes) is 1. The van der Waals surface area contributed by atoms with Gasteiger partial charge in [0, 0.05) is 41.6 Å². The van der Waals surface area contributed by atoms with E-state index in [2.05, 4.69) is 77.8 Å². The fraction of sp³-hybridized carbons (Fsp3) is 0.537. The predicted octanol–water partition coefficient (Wildman–Crippen LogP) is -6.87. The molecule has 0 spiro atoms. The molecule has 30 heteroatoms. The highest BCUT2D eigenvalue weighted by Crippen LogP contribution is 2.20. The Morgan fingerprint density at radius 3 is 1.54 bits per heavy atom. The van der Waals surface area contributed by atoms with Gasteiger partial charge in [0.2, 0.25) is 47.3 Å². The number of hydrogen-bond acceptors (Lipinski definition) is 17. The van der Waals surface area contributed by atoms with Crippen LogP contribution in [0.3, 0.4) is 0 Å². The van der Waals surface area contributed by atoms with E-state index >= 15 is 0 Å². The summed E-state index contributed by atoms with van der Waals surface area (Å²) in [6.45, 7) is -2.31. The summed E-state index contributed by atoms with van der Waals surface area (Å²) in [6, 6.07) is -5.58. The Balaban J connectivity index is 2.43. The van der Waals surface area contributed by atoms with Crippen LogP contribution < -0.4 is 65.5 Å². The number of rotatable bonds is 33. The molecule has 2 aromatic rings. The third-order valence-electron chi connectivity index (χ3n) is 10.3. The van der Waals surface area contributed by atoms with Crippen LogP contribution in [-0.4, -0.2) is 183 Å². The molecule has 28 nitrogen and oxygen atoms in total. The molecule has 0 aliphatic heterocycles. The van der Waals surface area contributed by atoms with Crippen molar-refractivity contribution in [2.24, 2.45) is 27.9 Å². The summed E-state index contributed by atoms with van der Waals surface area (Å²) in [5.41, 5.74) is 22.9. The number of aromatic nitrogens is 1. The normalized spacial score (nSPS) is 14.3. The fourth-order valence-corrected chi connectivity index (χ4v) is 7.09. The number of aliphatic hydroxyl groups is 2. The molecule has 0 saturated carbocycles. The van der Waals surface area contributed by atoms with Crippen molar-refractivity contribution in [1.82, 2.24) is 47.5 Å². The van der Waals surface area contributed by atoms with Crippen LogP contribution in [0.1, 0.15) is 44.1 Å². The average molecular weight is 1040 g/mol. The van der Waals surface area contributed by atoms with Crippen LogP contribution in [0.15, 0.2) is 35.5 Å². The lowest BCUT2D eigenvalue weighted by Crippen LogP contribution is -2.61. The van der Waals surface area contributed by atoms with Gasteiger partial charge in [-0.1, -0.05) is 18.2 Å². The molecule has 0 aliphatic carbocycles. The van der Waals surface area contributed by atoms with E-state index in [1.54, 1.807) is 30.5 Å². The number of carbonyl (C=O) groups is 10. The van der Waals surface area contributed by atoms with E-state index in [0.717, 1.165) is 0 Å². The molecule has 8 amide bonds. The summed E-state index contributed by atoms with van der Waals surface area (Å²) >= 11 is 8.22. The molecule has 0 radical (unpaired) electrons. The van der Waals surface area contributed by atoms with Gasteiger partial charge in [-0.3, -0.25) is 48.1 Å². The Bertz CT molecular complexity index is 2200. The number of amides is 8. The number of fused-ring (bicyclic) bond motifs is 1. The van der Waals surface area contributed by atoms with E-state index < -0.39 is 139 Å². The predicted molar refractivity (Wildman–Crippen MR) is 261 cm³/mol. The topological polar surface area (TPSA) is 480 Å². The third-order valence-corrected chi connectivity index (χ3v) is 11.1. The molecule has 0 bridgehead atoms. The second-order valence-corrected chi connectivity index (χ2v) is 16.4. The number of aliphatic imine (C=N–C) groups is 1. The number of hydrogen-bond donors (Lipinski definition) is 19. The number of carboxylic acid groups (broad SMARTS) is 2. The van der Waals surface area contributed by atoms with Crippen molar-refractivity contribution in [3.63, 3.8) is 0 Å². The first-order valence-corrected chi connectivity index (χ1v) is 23.3. The van der Waals surface area contributed by atoms with Crippen LogP contribution >= 0.6 is 25.3 Å². The number of nitrogens with one attached hydrogen (secondary N) is 9. The number of aromatic amines is 1. The molecule has 1 heterocycles. The molecule has 394 valence electrons. The number of nitrogens with two attached hydrogens (primary N) is 4. The second-order valence-electron chi connectivity index (χ2n) is 15.7. The molecule has 8 atom stereocenters. The Morgan fingerprint density at radius 2 is 1.04 bits per heavy atom. The SMILES string of the molecule is NCCCC[C@H](NC(=O)[C@H](CO)NC(=O)[C@H](CO)NC(=O)[C@H](CS)NC(=O)CN)C(=O)N[C@@H](Cc1c[nH]c2ccccc12)C(=O)N[C@@H](CS)C(=O)N[C@@H](CCCN=C(N)N)C(=O)N[C@@H](CC(=O)O)C(=O)O. The summed E-state index contributed by atoms with van der Waals surface area (Å²) in [4.78, 5) is 137. The van der Waals surface area contributed by atoms with E-state index in [1.807, 2.05) is 0 Å². The zero-order valence-corrected chi connectivity index (χ0v) is 40.2. The number of thiol groups is 2. The quantitative estimate of drug-likeness (QED) is 0.0137. The molecular formula is C41H64N14O14S2. The minimum atomic E-state index is -1.88. The first-order chi connectivity index (χ1) is 33.7. The monoisotopic (exact) mass is 1040 g/mol. The van der Waals surface area contributed by atoms with Crippen molar-refractivity contribution in [2.45, 2.75) is 93.3 Å². The molecule has 0 unspecified atom stereocenters. The third kappa shape index (κ3) is 20.6. The number of aliphatic carboxylic acids is 2. The largest absolute Gasteiger partial charge is 0.481 e. The molecule has 71 heavy (non-hydrogen) atoms. The lowest BCUT2D eigenvalue weighted by Gasteiger charge is -2.27. The number of para-hydroxylation sites is 1. The maximum absolute atomic E-state index is 14.3. The number of H-pyrrole nitrogens is 1. The zero-order valence-electron chi connectivity index (χ0n) is 38.4. The van der Waals surface area contributed by atoms with Gasteiger partial charge in [0.05, 0.1) is 26.2 Å². The van der Waals surface area contributed by atoms with Crippen molar-refractivity contribution in [3.8, 4) is 0 Å². The number of aliphatic hydroxyl groups excluding tert-OH is 2. The van der Waals surface area contributed by atoms with Crippen LogP contribution in [0.5, 0.6) is 0 Å². The molecular weight excluding hydrogens is 977 g/mol. The van der Waals surface area contributed by atoms with Gasteiger partial charge in [-0.25, -0.2) is 4.79 Å². The molecule has 21 N–H and O–H groups in total. The van der Waals surface area contributed by atoms with Crippen molar-refractivity contribution < 1.29 is 68.4 Å². The number of guanidine groups is 1. The second kappa shape index (κ2) is 31.5. The summed E-state index contributed by atoms with van der Waals surface area (Å²) in [7, 11) is 0. The number of benzene rings is 1. The fourth-order valence-electron chi connectivity index (χ4n) is 6.57. The lowest BCUT2D eigenvalue weighted by atomic mass is 10.0. The van der Waals surface area contributed by atoms with Crippen LogP contribution in [0, 0.1) is 0 Å².